The molecule has 0 fully saturated rings. The zero-order valence-electron chi connectivity index (χ0n) is 8.06. The molecule has 76 valence electrons. The molecule has 2 N–H and O–H groups in total. The van der Waals surface area contributed by atoms with E-state index in [0.717, 1.165) is 5.69 Å². The monoisotopic (exact) mass is 203 g/mol. The van der Waals surface area contributed by atoms with E-state index < -0.39 is 0 Å². The quantitative estimate of drug-likeness (QED) is 0.754. The molecule has 2 heterocycles. The number of H-pyrrole nitrogens is 1. The second-order valence-corrected chi connectivity index (χ2v) is 2.95. The minimum atomic E-state index is -0.307. The van der Waals surface area contributed by atoms with Gasteiger partial charge in [-0.1, -0.05) is 0 Å². The molecule has 0 bridgehead atoms. The molecule has 0 aliphatic carbocycles. The molecule has 6 nitrogen and oxygen atoms in total. The molecule has 0 saturated carbocycles. The maximum absolute atomic E-state index is 11.5. The van der Waals surface area contributed by atoms with E-state index in [-0.39, 0.29) is 11.9 Å². The summed E-state index contributed by atoms with van der Waals surface area (Å²) in [4.78, 5) is 19.5. The highest BCUT2D eigenvalue weighted by Crippen LogP contribution is 2.01. The first-order valence-corrected chi connectivity index (χ1v) is 4.36. The van der Waals surface area contributed by atoms with Crippen molar-refractivity contribution >= 4 is 11.9 Å². The number of aromatic amines is 1. The van der Waals surface area contributed by atoms with Crippen molar-refractivity contribution in [3.05, 3.63) is 35.9 Å². The third-order valence-electron chi connectivity index (χ3n) is 1.77. The molecular formula is C9H9N5O. The fraction of sp³-hybridized carbons (Fsp3) is 0.111. The third-order valence-corrected chi connectivity index (χ3v) is 1.77. The minimum absolute atomic E-state index is 0.287. The third kappa shape index (κ3) is 2.16. The number of rotatable bonds is 2. The lowest BCUT2D eigenvalue weighted by molar-refractivity contribution is 0.102. The first kappa shape index (κ1) is 9.32. The van der Waals surface area contributed by atoms with Gasteiger partial charge < -0.3 is 0 Å². The van der Waals surface area contributed by atoms with Gasteiger partial charge in [0, 0.05) is 18.1 Å². The summed E-state index contributed by atoms with van der Waals surface area (Å²) in [5.74, 6) is -0.0206. The number of nitrogens with zero attached hydrogens (tertiary/aromatic N) is 3. The van der Waals surface area contributed by atoms with Gasteiger partial charge in [0.05, 0.1) is 0 Å². The zero-order valence-corrected chi connectivity index (χ0v) is 8.06. The minimum Gasteiger partial charge on any atom is -0.289 e. The van der Waals surface area contributed by atoms with Gasteiger partial charge in [-0.15, -0.1) is 0 Å². The molecule has 0 aromatic carbocycles. The molecule has 1 amide bonds. The van der Waals surface area contributed by atoms with Gasteiger partial charge in [0.1, 0.15) is 5.69 Å². The Morgan fingerprint density at radius 3 is 2.93 bits per heavy atom. The number of nitrogens with one attached hydrogen (secondary N) is 2. The smallest absolute Gasteiger partial charge is 0.276 e. The van der Waals surface area contributed by atoms with Crippen molar-refractivity contribution in [1.82, 2.24) is 20.2 Å². The SMILES string of the molecule is Cc1ccnc(NC(=O)c2ccn[nH]2)n1. The van der Waals surface area contributed by atoms with Crippen LogP contribution in [0.2, 0.25) is 0 Å². The Bertz CT molecular complexity index is 465. The fourth-order valence-electron chi connectivity index (χ4n) is 1.06. The Hall–Kier alpha value is -2.24. The van der Waals surface area contributed by atoms with Crippen LogP contribution in [-0.2, 0) is 0 Å². The van der Waals surface area contributed by atoms with Gasteiger partial charge in [-0.25, -0.2) is 9.97 Å². The molecule has 0 aliphatic rings. The predicted molar refractivity (Wildman–Crippen MR) is 53.3 cm³/mol. The van der Waals surface area contributed by atoms with E-state index in [1.54, 1.807) is 18.3 Å². The molecule has 15 heavy (non-hydrogen) atoms. The molecule has 0 saturated heterocycles. The maximum Gasteiger partial charge on any atom is 0.276 e. The lowest BCUT2D eigenvalue weighted by atomic mass is 10.4. The summed E-state index contributed by atoms with van der Waals surface area (Å²) in [6, 6.07) is 3.33. The van der Waals surface area contributed by atoms with Crippen molar-refractivity contribution in [3.63, 3.8) is 0 Å². The molecule has 2 aromatic rings. The van der Waals surface area contributed by atoms with Crippen LogP contribution in [0.1, 0.15) is 16.2 Å². The highest BCUT2D eigenvalue weighted by atomic mass is 16.2. The maximum atomic E-state index is 11.5. The summed E-state index contributed by atoms with van der Waals surface area (Å²) in [7, 11) is 0. The molecule has 0 radical (unpaired) electrons. The molecule has 0 spiro atoms. The van der Waals surface area contributed by atoms with Gasteiger partial charge in [-0.05, 0) is 19.1 Å². The van der Waals surface area contributed by atoms with E-state index in [0.29, 0.717) is 5.69 Å². The first-order valence-electron chi connectivity index (χ1n) is 4.36. The van der Waals surface area contributed by atoms with Crippen LogP contribution >= 0.6 is 0 Å². The van der Waals surface area contributed by atoms with Crippen LogP contribution in [0.4, 0.5) is 5.95 Å². The zero-order chi connectivity index (χ0) is 10.7. The molecule has 6 heteroatoms. The molecule has 2 aromatic heterocycles. The van der Waals surface area contributed by atoms with Gasteiger partial charge in [0.15, 0.2) is 0 Å². The van der Waals surface area contributed by atoms with Crippen LogP contribution in [0.25, 0.3) is 0 Å². The van der Waals surface area contributed by atoms with Crippen LogP contribution in [-0.4, -0.2) is 26.1 Å². The summed E-state index contributed by atoms with van der Waals surface area (Å²) in [5.41, 5.74) is 1.17. The summed E-state index contributed by atoms with van der Waals surface area (Å²) in [5, 5.41) is 8.78. The number of carbonyl (C=O) groups excluding carboxylic acids is 1. The van der Waals surface area contributed by atoms with Crippen molar-refractivity contribution in [2.75, 3.05) is 5.32 Å². The van der Waals surface area contributed by atoms with Crippen molar-refractivity contribution in [1.29, 1.82) is 0 Å². The van der Waals surface area contributed by atoms with E-state index in [1.165, 1.54) is 6.20 Å². The lowest BCUT2D eigenvalue weighted by Gasteiger charge is -2.01. The van der Waals surface area contributed by atoms with Crippen molar-refractivity contribution in [2.24, 2.45) is 0 Å². The first-order chi connectivity index (χ1) is 7.25. The lowest BCUT2D eigenvalue weighted by Crippen LogP contribution is -2.14. The van der Waals surface area contributed by atoms with Crippen LogP contribution in [0.5, 0.6) is 0 Å². The van der Waals surface area contributed by atoms with Crippen LogP contribution in [0.3, 0.4) is 0 Å². The number of aryl methyl sites for hydroxylation is 1. The van der Waals surface area contributed by atoms with Gasteiger partial charge in [0.25, 0.3) is 5.91 Å². The number of carbonyl (C=O) groups is 1. The number of amides is 1. The average Bonchev–Trinajstić information content (AvgIpc) is 2.70. The highest BCUT2D eigenvalue weighted by Gasteiger charge is 2.08. The van der Waals surface area contributed by atoms with Crippen LogP contribution < -0.4 is 5.32 Å². The second-order valence-electron chi connectivity index (χ2n) is 2.95. The van der Waals surface area contributed by atoms with Crippen LogP contribution in [0.15, 0.2) is 24.5 Å². The number of aromatic nitrogens is 4. The Balaban J connectivity index is 2.13. The van der Waals surface area contributed by atoms with Crippen molar-refractivity contribution < 1.29 is 4.79 Å². The number of anilines is 1. The molecule has 0 unspecified atom stereocenters. The normalized spacial score (nSPS) is 9.93. The van der Waals surface area contributed by atoms with E-state index in [9.17, 15) is 4.79 Å². The number of hydrogen-bond donors (Lipinski definition) is 2. The average molecular weight is 203 g/mol. The van der Waals surface area contributed by atoms with E-state index in [1.807, 2.05) is 6.92 Å². The Morgan fingerprint density at radius 1 is 1.40 bits per heavy atom. The van der Waals surface area contributed by atoms with E-state index >= 15 is 0 Å². The summed E-state index contributed by atoms with van der Waals surface area (Å²) >= 11 is 0. The molecular weight excluding hydrogens is 194 g/mol. The van der Waals surface area contributed by atoms with Gasteiger partial charge >= 0.3 is 0 Å². The second kappa shape index (κ2) is 3.87. The standard InChI is InChI=1S/C9H9N5O/c1-6-2-4-10-9(12-6)13-8(15)7-3-5-11-14-7/h2-5H,1H3,(H,11,14)(H,10,12,13,15). The van der Waals surface area contributed by atoms with Gasteiger partial charge in [0.2, 0.25) is 5.95 Å². The van der Waals surface area contributed by atoms with Crippen molar-refractivity contribution in [2.45, 2.75) is 6.92 Å². The largest absolute Gasteiger partial charge is 0.289 e. The number of hydrogen-bond acceptors (Lipinski definition) is 4. The molecule has 2 rings (SSSR count). The Morgan fingerprint density at radius 2 is 2.27 bits per heavy atom. The fourth-order valence-corrected chi connectivity index (χ4v) is 1.06. The summed E-state index contributed by atoms with van der Waals surface area (Å²) in [6.07, 6.45) is 3.09. The summed E-state index contributed by atoms with van der Waals surface area (Å²) < 4.78 is 0. The summed E-state index contributed by atoms with van der Waals surface area (Å²) in [6.45, 7) is 1.83. The Kier molecular flexibility index (Phi) is 2.40. The van der Waals surface area contributed by atoms with Gasteiger partial charge in [-0.3, -0.25) is 15.2 Å². The van der Waals surface area contributed by atoms with Crippen LogP contribution in [0, 0.1) is 6.92 Å². The van der Waals surface area contributed by atoms with Gasteiger partial charge in [-0.2, -0.15) is 5.10 Å². The molecule has 0 aliphatic heterocycles. The van der Waals surface area contributed by atoms with E-state index in [2.05, 4.69) is 25.5 Å². The highest BCUT2D eigenvalue weighted by molar-refractivity contribution is 6.01. The topological polar surface area (TPSA) is 83.6 Å². The van der Waals surface area contributed by atoms with Crippen molar-refractivity contribution in [3.8, 4) is 0 Å². The molecule has 0 atom stereocenters. The Labute approximate surface area is 85.8 Å². The van der Waals surface area contributed by atoms with E-state index in [4.69, 9.17) is 0 Å². The predicted octanol–water partition coefficient (Wildman–Crippen LogP) is 0.760.